The Morgan fingerprint density at radius 2 is 1.86 bits per heavy atom. The number of likely N-dealkylation sites (N-methyl/N-ethyl adjacent to an activating group) is 1. The van der Waals surface area contributed by atoms with Gasteiger partial charge in [-0.25, -0.2) is 4.79 Å². The molecule has 1 aliphatic rings. The molecule has 6 heteroatoms. The predicted octanol–water partition coefficient (Wildman–Crippen LogP) is 3.17. The number of benzene rings is 1. The minimum Gasteiger partial charge on any atom is -0.422 e. The van der Waals surface area contributed by atoms with Gasteiger partial charge in [-0.2, -0.15) is 0 Å². The SMILES string of the molecule is Cc1cn2cc(-c3cc4ccc(N5CCN(C)CC5)cc4oc3=O)cc2cn1. The van der Waals surface area contributed by atoms with Gasteiger partial charge in [0.2, 0.25) is 0 Å². The van der Waals surface area contributed by atoms with E-state index in [4.69, 9.17) is 4.42 Å². The summed E-state index contributed by atoms with van der Waals surface area (Å²) in [4.78, 5) is 21.7. The normalized spacial score (nSPS) is 15.6. The van der Waals surface area contributed by atoms with Gasteiger partial charge in [0.05, 0.1) is 23.0 Å². The molecule has 6 nitrogen and oxygen atoms in total. The Hall–Kier alpha value is -3.12. The van der Waals surface area contributed by atoms with Gasteiger partial charge in [0.25, 0.3) is 0 Å². The third kappa shape index (κ3) is 2.96. The fourth-order valence-corrected chi connectivity index (χ4v) is 3.82. The van der Waals surface area contributed by atoms with E-state index in [2.05, 4.69) is 27.9 Å². The molecule has 0 atom stereocenters. The first-order chi connectivity index (χ1) is 13.6. The molecule has 0 unspecified atom stereocenters. The monoisotopic (exact) mass is 374 g/mol. The van der Waals surface area contributed by atoms with E-state index in [9.17, 15) is 4.79 Å². The molecule has 0 N–H and O–H groups in total. The second kappa shape index (κ2) is 6.49. The molecule has 0 radical (unpaired) electrons. The molecule has 4 aromatic rings. The van der Waals surface area contributed by atoms with E-state index in [1.807, 2.05) is 54.2 Å². The lowest BCUT2D eigenvalue weighted by Crippen LogP contribution is -2.44. The maximum atomic E-state index is 12.7. The van der Waals surface area contributed by atoms with Crippen molar-refractivity contribution in [2.45, 2.75) is 6.92 Å². The van der Waals surface area contributed by atoms with Gasteiger partial charge >= 0.3 is 5.63 Å². The Morgan fingerprint density at radius 3 is 2.68 bits per heavy atom. The Kier molecular flexibility index (Phi) is 3.94. The topological polar surface area (TPSA) is 54.0 Å². The lowest BCUT2D eigenvalue weighted by molar-refractivity contribution is 0.313. The van der Waals surface area contributed by atoms with Crippen molar-refractivity contribution in [3.8, 4) is 11.1 Å². The number of fused-ring (bicyclic) bond motifs is 2. The first kappa shape index (κ1) is 17.0. The highest BCUT2D eigenvalue weighted by Crippen LogP contribution is 2.27. The molecular formula is C22H22N4O2. The van der Waals surface area contributed by atoms with Gasteiger partial charge in [-0.1, -0.05) is 0 Å². The van der Waals surface area contributed by atoms with Gasteiger partial charge in [0.15, 0.2) is 0 Å². The average Bonchev–Trinajstić information content (AvgIpc) is 3.10. The zero-order chi connectivity index (χ0) is 19.3. The summed E-state index contributed by atoms with van der Waals surface area (Å²) in [6, 6.07) is 10.0. The van der Waals surface area contributed by atoms with Crippen LogP contribution in [0, 0.1) is 6.92 Å². The Balaban J connectivity index is 1.55. The fourth-order valence-electron chi connectivity index (χ4n) is 3.82. The molecular weight excluding hydrogens is 352 g/mol. The quantitative estimate of drug-likeness (QED) is 0.505. The van der Waals surface area contributed by atoms with Crippen molar-refractivity contribution in [2.24, 2.45) is 0 Å². The van der Waals surface area contributed by atoms with E-state index in [0.717, 1.165) is 54.0 Å². The second-order valence-corrected chi connectivity index (χ2v) is 7.55. The maximum Gasteiger partial charge on any atom is 0.344 e. The van der Waals surface area contributed by atoms with Crippen LogP contribution in [0.4, 0.5) is 5.69 Å². The van der Waals surface area contributed by atoms with Crippen molar-refractivity contribution in [1.82, 2.24) is 14.3 Å². The summed E-state index contributed by atoms with van der Waals surface area (Å²) in [5.41, 5.74) is 4.71. The number of aromatic nitrogens is 2. The van der Waals surface area contributed by atoms with Crippen molar-refractivity contribution >= 4 is 22.2 Å². The number of nitrogens with zero attached hydrogens (tertiary/aromatic N) is 4. The van der Waals surface area contributed by atoms with E-state index in [-0.39, 0.29) is 5.63 Å². The highest BCUT2D eigenvalue weighted by molar-refractivity contribution is 5.85. The smallest absolute Gasteiger partial charge is 0.344 e. The zero-order valence-electron chi connectivity index (χ0n) is 16.1. The number of rotatable bonds is 2. The minimum atomic E-state index is -0.316. The van der Waals surface area contributed by atoms with Crippen LogP contribution in [0.1, 0.15) is 5.69 Å². The summed E-state index contributed by atoms with van der Waals surface area (Å²) >= 11 is 0. The first-order valence-corrected chi connectivity index (χ1v) is 9.53. The molecule has 1 fully saturated rings. The summed E-state index contributed by atoms with van der Waals surface area (Å²) in [5.74, 6) is 0. The third-order valence-electron chi connectivity index (χ3n) is 5.51. The van der Waals surface area contributed by atoms with Crippen LogP contribution in [0.15, 0.2) is 58.1 Å². The van der Waals surface area contributed by atoms with Gasteiger partial charge in [-0.15, -0.1) is 0 Å². The maximum absolute atomic E-state index is 12.7. The van der Waals surface area contributed by atoms with Crippen molar-refractivity contribution in [3.05, 3.63) is 65.0 Å². The summed E-state index contributed by atoms with van der Waals surface area (Å²) in [7, 11) is 2.14. The Morgan fingerprint density at radius 1 is 1.04 bits per heavy atom. The molecule has 0 bridgehead atoms. The minimum absolute atomic E-state index is 0.316. The zero-order valence-corrected chi connectivity index (χ0v) is 16.1. The largest absolute Gasteiger partial charge is 0.422 e. The van der Waals surface area contributed by atoms with Crippen molar-refractivity contribution in [1.29, 1.82) is 0 Å². The highest BCUT2D eigenvalue weighted by atomic mass is 16.4. The first-order valence-electron chi connectivity index (χ1n) is 9.53. The van der Waals surface area contributed by atoms with Gasteiger partial charge in [-0.3, -0.25) is 4.98 Å². The lowest BCUT2D eigenvalue weighted by Gasteiger charge is -2.34. The lowest BCUT2D eigenvalue weighted by atomic mass is 10.1. The van der Waals surface area contributed by atoms with E-state index in [0.29, 0.717) is 11.1 Å². The molecule has 0 aliphatic carbocycles. The van der Waals surface area contributed by atoms with Crippen LogP contribution in [0.25, 0.3) is 27.6 Å². The molecule has 1 aromatic carbocycles. The molecule has 5 rings (SSSR count). The van der Waals surface area contributed by atoms with E-state index in [1.165, 1.54) is 0 Å². The molecule has 142 valence electrons. The molecule has 28 heavy (non-hydrogen) atoms. The van der Waals surface area contributed by atoms with Crippen molar-refractivity contribution in [2.75, 3.05) is 38.1 Å². The number of piperazine rings is 1. The summed E-state index contributed by atoms with van der Waals surface area (Å²) < 4.78 is 7.69. The Labute approximate surface area is 162 Å². The van der Waals surface area contributed by atoms with Crippen LogP contribution in [0.5, 0.6) is 0 Å². The van der Waals surface area contributed by atoms with Crippen molar-refractivity contribution in [3.63, 3.8) is 0 Å². The van der Waals surface area contributed by atoms with Crippen LogP contribution >= 0.6 is 0 Å². The number of anilines is 1. The van der Waals surface area contributed by atoms with Gasteiger partial charge in [-0.05, 0) is 38.2 Å². The number of hydrogen-bond donors (Lipinski definition) is 0. The molecule has 0 amide bonds. The van der Waals surface area contributed by atoms with Crippen LogP contribution in [-0.4, -0.2) is 47.5 Å². The molecule has 1 saturated heterocycles. The summed E-state index contributed by atoms with van der Waals surface area (Å²) in [6.07, 6.45) is 5.70. The number of aryl methyl sites for hydroxylation is 1. The second-order valence-electron chi connectivity index (χ2n) is 7.55. The summed E-state index contributed by atoms with van der Waals surface area (Å²) in [6.45, 7) is 5.99. The molecule has 1 aliphatic heterocycles. The standard InChI is InChI=1S/C22H22N4O2/c1-15-13-26-14-17(9-19(26)12-23-15)20-10-16-3-4-18(11-21(16)28-22(20)27)25-7-5-24(2)6-8-25/h3-4,9-14H,5-8H2,1-2H3. The third-order valence-corrected chi connectivity index (χ3v) is 5.51. The van der Waals surface area contributed by atoms with Crippen LogP contribution < -0.4 is 10.5 Å². The van der Waals surface area contributed by atoms with Crippen LogP contribution in [-0.2, 0) is 0 Å². The highest BCUT2D eigenvalue weighted by Gasteiger charge is 2.16. The van der Waals surface area contributed by atoms with E-state index < -0.39 is 0 Å². The molecule has 3 aromatic heterocycles. The molecule has 4 heterocycles. The van der Waals surface area contributed by atoms with Crippen LogP contribution in [0.3, 0.4) is 0 Å². The predicted molar refractivity (Wildman–Crippen MR) is 111 cm³/mol. The van der Waals surface area contributed by atoms with Gasteiger partial charge in [0.1, 0.15) is 5.58 Å². The van der Waals surface area contributed by atoms with Gasteiger partial charge < -0.3 is 18.6 Å². The van der Waals surface area contributed by atoms with Crippen LogP contribution in [0.2, 0.25) is 0 Å². The molecule has 0 spiro atoms. The summed E-state index contributed by atoms with van der Waals surface area (Å²) in [5, 5.41) is 0.928. The average molecular weight is 374 g/mol. The van der Waals surface area contributed by atoms with E-state index >= 15 is 0 Å². The molecule has 0 saturated carbocycles. The van der Waals surface area contributed by atoms with Crippen molar-refractivity contribution < 1.29 is 4.42 Å². The number of hydrogen-bond acceptors (Lipinski definition) is 5. The fraction of sp³-hybridized carbons (Fsp3) is 0.273. The van der Waals surface area contributed by atoms with Gasteiger partial charge in [0, 0.05) is 61.3 Å². The van der Waals surface area contributed by atoms with E-state index in [1.54, 1.807) is 0 Å². The Bertz CT molecular complexity index is 1230.